The molecule has 5 nitrogen and oxygen atoms in total. The summed E-state index contributed by atoms with van der Waals surface area (Å²) in [5.41, 5.74) is 10.4. The number of hydrogen-bond acceptors (Lipinski definition) is 3. The maximum atomic E-state index is 6.22. The van der Waals surface area contributed by atoms with Crippen LogP contribution in [0.5, 0.6) is 0 Å². The van der Waals surface area contributed by atoms with Crippen LogP contribution in [0.3, 0.4) is 0 Å². The van der Waals surface area contributed by atoms with E-state index in [4.69, 9.17) is 5.73 Å². The molecular weight excluding hydrogens is 214 g/mol. The average Bonchev–Trinajstić information content (AvgIpc) is 2.70. The van der Waals surface area contributed by atoms with Crippen molar-refractivity contribution in [3.8, 4) is 0 Å². The second-order valence-electron chi connectivity index (χ2n) is 4.55. The smallest absolute Gasteiger partial charge is 0.0597 e. The predicted octanol–water partition coefficient (Wildman–Crippen LogP) is 1.01. The Hall–Kier alpha value is -1.62. The topological polar surface area (TPSA) is 61.7 Å². The van der Waals surface area contributed by atoms with Crippen molar-refractivity contribution in [1.82, 2.24) is 19.6 Å². The van der Waals surface area contributed by atoms with E-state index in [0.717, 1.165) is 29.2 Å². The van der Waals surface area contributed by atoms with Gasteiger partial charge in [0.15, 0.2) is 0 Å². The van der Waals surface area contributed by atoms with E-state index in [1.165, 1.54) is 0 Å². The highest BCUT2D eigenvalue weighted by Crippen LogP contribution is 2.16. The van der Waals surface area contributed by atoms with Crippen molar-refractivity contribution in [3.05, 3.63) is 34.9 Å². The maximum absolute atomic E-state index is 6.22. The van der Waals surface area contributed by atoms with Crippen LogP contribution >= 0.6 is 0 Å². The van der Waals surface area contributed by atoms with E-state index < -0.39 is 0 Å². The van der Waals surface area contributed by atoms with Crippen LogP contribution < -0.4 is 5.73 Å². The molecule has 17 heavy (non-hydrogen) atoms. The molecule has 0 amide bonds. The van der Waals surface area contributed by atoms with E-state index in [1.807, 2.05) is 43.4 Å². The molecule has 1 atom stereocenters. The Labute approximate surface area is 101 Å². The fraction of sp³-hybridized carbons (Fsp3) is 0.500. The summed E-state index contributed by atoms with van der Waals surface area (Å²) < 4.78 is 3.74. The fourth-order valence-electron chi connectivity index (χ4n) is 2.16. The minimum absolute atomic E-state index is 0.0454. The predicted molar refractivity (Wildman–Crippen MR) is 66.5 cm³/mol. The standard InChI is InChI=1S/C12H19N5/c1-8-5-10(16(3)14-8)7-11(13)12-6-9(2)15-17(12)4/h5-6,11H,7,13H2,1-4H3. The van der Waals surface area contributed by atoms with Gasteiger partial charge in [-0.25, -0.2) is 0 Å². The lowest BCUT2D eigenvalue weighted by atomic mass is 10.1. The first-order chi connectivity index (χ1) is 7.97. The van der Waals surface area contributed by atoms with Gasteiger partial charge in [0, 0.05) is 26.2 Å². The zero-order valence-corrected chi connectivity index (χ0v) is 10.8. The molecule has 5 heteroatoms. The van der Waals surface area contributed by atoms with Crippen LogP contribution in [0.15, 0.2) is 12.1 Å². The summed E-state index contributed by atoms with van der Waals surface area (Å²) in [5.74, 6) is 0. The quantitative estimate of drug-likeness (QED) is 0.860. The zero-order valence-electron chi connectivity index (χ0n) is 10.8. The van der Waals surface area contributed by atoms with Gasteiger partial charge < -0.3 is 5.73 Å². The van der Waals surface area contributed by atoms with Crippen molar-refractivity contribution < 1.29 is 0 Å². The van der Waals surface area contributed by atoms with Gasteiger partial charge in [-0.2, -0.15) is 10.2 Å². The molecule has 2 rings (SSSR count). The van der Waals surface area contributed by atoms with Gasteiger partial charge in [0.05, 0.1) is 23.1 Å². The van der Waals surface area contributed by atoms with Gasteiger partial charge >= 0.3 is 0 Å². The molecule has 0 aliphatic rings. The third-order valence-electron chi connectivity index (χ3n) is 2.95. The van der Waals surface area contributed by atoms with Gasteiger partial charge in [-0.3, -0.25) is 9.36 Å². The summed E-state index contributed by atoms with van der Waals surface area (Å²) in [7, 11) is 3.88. The van der Waals surface area contributed by atoms with Gasteiger partial charge in [-0.1, -0.05) is 0 Å². The lowest BCUT2D eigenvalue weighted by molar-refractivity contribution is 0.587. The molecule has 0 saturated carbocycles. The molecule has 2 heterocycles. The molecule has 0 saturated heterocycles. The van der Waals surface area contributed by atoms with Gasteiger partial charge in [0.25, 0.3) is 0 Å². The summed E-state index contributed by atoms with van der Waals surface area (Å²) in [6.45, 7) is 3.97. The Morgan fingerprint density at radius 2 is 1.71 bits per heavy atom. The Bertz CT molecular complexity index is 523. The summed E-state index contributed by atoms with van der Waals surface area (Å²) in [4.78, 5) is 0. The Kier molecular flexibility index (Phi) is 3.02. The van der Waals surface area contributed by atoms with E-state index in [-0.39, 0.29) is 6.04 Å². The molecule has 0 bridgehead atoms. The van der Waals surface area contributed by atoms with Gasteiger partial charge in [0.2, 0.25) is 0 Å². The molecule has 0 fully saturated rings. The third kappa shape index (κ3) is 2.39. The minimum atomic E-state index is -0.0454. The molecule has 0 spiro atoms. The molecule has 0 radical (unpaired) electrons. The number of rotatable bonds is 3. The lowest BCUT2D eigenvalue weighted by Crippen LogP contribution is -2.18. The van der Waals surface area contributed by atoms with Gasteiger partial charge in [0.1, 0.15) is 0 Å². The van der Waals surface area contributed by atoms with Gasteiger partial charge in [-0.15, -0.1) is 0 Å². The largest absolute Gasteiger partial charge is 0.322 e. The molecule has 2 aromatic rings. The summed E-state index contributed by atoms with van der Waals surface area (Å²) in [6, 6.07) is 4.06. The monoisotopic (exact) mass is 233 g/mol. The first-order valence-electron chi connectivity index (χ1n) is 5.73. The van der Waals surface area contributed by atoms with Crippen LogP contribution in [0.2, 0.25) is 0 Å². The Morgan fingerprint density at radius 1 is 1.12 bits per heavy atom. The minimum Gasteiger partial charge on any atom is -0.322 e. The van der Waals surface area contributed by atoms with Crippen molar-refractivity contribution in [2.75, 3.05) is 0 Å². The van der Waals surface area contributed by atoms with Crippen LogP contribution in [0.1, 0.15) is 28.8 Å². The second kappa shape index (κ2) is 4.33. The molecule has 2 N–H and O–H groups in total. The Balaban J connectivity index is 2.19. The van der Waals surface area contributed by atoms with E-state index >= 15 is 0 Å². The molecular formula is C12H19N5. The number of nitrogens with zero attached hydrogens (tertiary/aromatic N) is 4. The van der Waals surface area contributed by atoms with Crippen molar-refractivity contribution in [3.63, 3.8) is 0 Å². The molecule has 2 aromatic heterocycles. The van der Waals surface area contributed by atoms with Gasteiger partial charge in [-0.05, 0) is 26.0 Å². The molecule has 0 aliphatic heterocycles. The van der Waals surface area contributed by atoms with Crippen molar-refractivity contribution in [2.45, 2.75) is 26.3 Å². The normalized spacial score (nSPS) is 13.0. The van der Waals surface area contributed by atoms with Crippen LogP contribution in [-0.4, -0.2) is 19.6 Å². The summed E-state index contributed by atoms with van der Waals surface area (Å²) in [5, 5.41) is 8.64. The van der Waals surface area contributed by atoms with Crippen molar-refractivity contribution in [1.29, 1.82) is 0 Å². The average molecular weight is 233 g/mol. The highest BCUT2D eigenvalue weighted by atomic mass is 15.3. The third-order valence-corrected chi connectivity index (χ3v) is 2.95. The second-order valence-corrected chi connectivity index (χ2v) is 4.55. The Morgan fingerprint density at radius 3 is 2.18 bits per heavy atom. The first kappa shape index (κ1) is 11.9. The highest BCUT2D eigenvalue weighted by Gasteiger charge is 2.14. The van der Waals surface area contributed by atoms with Crippen LogP contribution in [0, 0.1) is 13.8 Å². The molecule has 0 aromatic carbocycles. The molecule has 1 unspecified atom stereocenters. The van der Waals surface area contributed by atoms with Crippen molar-refractivity contribution in [2.24, 2.45) is 19.8 Å². The van der Waals surface area contributed by atoms with E-state index in [9.17, 15) is 0 Å². The summed E-state index contributed by atoms with van der Waals surface area (Å²) in [6.07, 6.45) is 0.774. The number of hydrogen-bond donors (Lipinski definition) is 1. The molecule has 0 aliphatic carbocycles. The van der Waals surface area contributed by atoms with Crippen molar-refractivity contribution >= 4 is 0 Å². The van der Waals surface area contributed by atoms with E-state index in [2.05, 4.69) is 16.3 Å². The van der Waals surface area contributed by atoms with Crippen LogP contribution in [0.25, 0.3) is 0 Å². The van der Waals surface area contributed by atoms with Crippen LogP contribution in [0.4, 0.5) is 0 Å². The number of nitrogens with two attached hydrogens (primary N) is 1. The fourth-order valence-corrected chi connectivity index (χ4v) is 2.16. The van der Waals surface area contributed by atoms with E-state index in [0.29, 0.717) is 0 Å². The number of aromatic nitrogens is 4. The SMILES string of the molecule is Cc1cc(CC(N)c2cc(C)nn2C)n(C)n1. The lowest BCUT2D eigenvalue weighted by Gasteiger charge is -2.11. The summed E-state index contributed by atoms with van der Waals surface area (Å²) >= 11 is 0. The number of aryl methyl sites for hydroxylation is 4. The van der Waals surface area contributed by atoms with Crippen LogP contribution in [-0.2, 0) is 20.5 Å². The maximum Gasteiger partial charge on any atom is 0.0597 e. The highest BCUT2D eigenvalue weighted by molar-refractivity contribution is 5.17. The zero-order chi connectivity index (χ0) is 12.6. The molecule has 92 valence electrons. The van der Waals surface area contributed by atoms with E-state index in [1.54, 1.807) is 0 Å². The first-order valence-corrected chi connectivity index (χ1v) is 5.73.